The van der Waals surface area contributed by atoms with Crippen molar-refractivity contribution in [2.45, 2.75) is 12.5 Å². The monoisotopic (exact) mass is 344 g/mol. The third-order valence-corrected chi connectivity index (χ3v) is 4.28. The molecule has 0 aliphatic carbocycles. The van der Waals surface area contributed by atoms with E-state index in [0.29, 0.717) is 16.9 Å². The largest absolute Gasteiger partial charge is 0.453 e. The van der Waals surface area contributed by atoms with E-state index in [4.69, 9.17) is 4.74 Å². The number of carbonyl (C=O) groups is 2. The molecule has 0 unspecified atom stereocenters. The Bertz CT molecular complexity index is 970. The lowest BCUT2D eigenvalue weighted by Gasteiger charge is -2.13. The summed E-state index contributed by atoms with van der Waals surface area (Å²) in [5.74, 6) is -0.616. The Kier molecular flexibility index (Phi) is 4.19. The molecule has 4 rings (SSSR count). The maximum Gasteiger partial charge on any atom is 0.339 e. The number of nitrogens with zero attached hydrogens (tertiary/aromatic N) is 1. The molecule has 5 nitrogen and oxygen atoms in total. The summed E-state index contributed by atoms with van der Waals surface area (Å²) in [4.78, 5) is 28.8. The predicted molar refractivity (Wildman–Crippen MR) is 97.5 cm³/mol. The van der Waals surface area contributed by atoms with Crippen LogP contribution >= 0.6 is 0 Å². The quantitative estimate of drug-likeness (QED) is 0.727. The Morgan fingerprint density at radius 3 is 2.62 bits per heavy atom. The Balaban J connectivity index is 1.53. The molecule has 5 heteroatoms. The highest BCUT2D eigenvalue weighted by atomic mass is 16.5. The first kappa shape index (κ1) is 16.0. The Hall–Kier alpha value is -3.47. The van der Waals surface area contributed by atoms with E-state index < -0.39 is 6.10 Å². The molecule has 0 radical (unpaired) electrons. The van der Waals surface area contributed by atoms with E-state index in [-0.39, 0.29) is 18.3 Å². The minimum atomic E-state index is -0.560. The van der Waals surface area contributed by atoms with Gasteiger partial charge in [0.05, 0.1) is 23.4 Å². The van der Waals surface area contributed by atoms with Gasteiger partial charge in [0.2, 0.25) is 5.91 Å². The number of cyclic esters (lactones) is 1. The number of pyridine rings is 1. The standard InChI is InChI=1S/C21H16N2O3/c24-19(13-18-15-9-4-5-10-16(15)21(25)26-18)23-17-11-6-12-22-20(17)14-7-2-1-3-8-14/h1-12,18H,13H2,(H,23,24)/t18-/m1/s1. The number of hydrogen-bond acceptors (Lipinski definition) is 4. The number of ether oxygens (including phenoxy) is 1. The van der Waals surface area contributed by atoms with Crippen molar-refractivity contribution in [3.05, 3.63) is 84.1 Å². The van der Waals surface area contributed by atoms with Gasteiger partial charge in [0.25, 0.3) is 0 Å². The molecule has 1 aliphatic heterocycles. The minimum Gasteiger partial charge on any atom is -0.453 e. The summed E-state index contributed by atoms with van der Waals surface area (Å²) >= 11 is 0. The fourth-order valence-corrected chi connectivity index (χ4v) is 3.07. The van der Waals surface area contributed by atoms with Gasteiger partial charge in [0.1, 0.15) is 6.10 Å². The highest BCUT2D eigenvalue weighted by Crippen LogP contribution is 2.33. The van der Waals surface area contributed by atoms with Crippen LogP contribution < -0.4 is 5.32 Å². The molecule has 1 N–H and O–H groups in total. The van der Waals surface area contributed by atoms with Gasteiger partial charge in [-0.3, -0.25) is 9.78 Å². The Morgan fingerprint density at radius 1 is 1.00 bits per heavy atom. The smallest absolute Gasteiger partial charge is 0.339 e. The van der Waals surface area contributed by atoms with Crippen LogP contribution in [-0.2, 0) is 9.53 Å². The van der Waals surface area contributed by atoms with Crippen molar-refractivity contribution in [2.75, 3.05) is 5.32 Å². The summed E-state index contributed by atoms with van der Waals surface area (Å²) in [5.41, 5.74) is 3.52. The molecule has 0 saturated heterocycles. The summed E-state index contributed by atoms with van der Waals surface area (Å²) in [6.07, 6.45) is 1.19. The number of fused-ring (bicyclic) bond motifs is 1. The number of rotatable bonds is 4. The summed E-state index contributed by atoms with van der Waals surface area (Å²) in [6.45, 7) is 0. The predicted octanol–water partition coefficient (Wildman–Crippen LogP) is 3.99. The van der Waals surface area contributed by atoms with E-state index in [1.807, 2.05) is 48.5 Å². The maximum atomic E-state index is 12.5. The number of hydrogen-bond donors (Lipinski definition) is 1. The lowest BCUT2D eigenvalue weighted by atomic mass is 10.0. The van der Waals surface area contributed by atoms with Crippen LogP contribution in [0.2, 0.25) is 0 Å². The van der Waals surface area contributed by atoms with Gasteiger partial charge in [0.15, 0.2) is 0 Å². The molecule has 1 atom stereocenters. The second-order valence-electron chi connectivity index (χ2n) is 6.00. The normalized spacial score (nSPS) is 15.2. The van der Waals surface area contributed by atoms with E-state index in [9.17, 15) is 9.59 Å². The third kappa shape index (κ3) is 3.07. The molecule has 128 valence electrons. The van der Waals surface area contributed by atoms with Crippen LogP contribution in [0.15, 0.2) is 72.9 Å². The number of aromatic nitrogens is 1. The van der Waals surface area contributed by atoms with Gasteiger partial charge >= 0.3 is 5.97 Å². The number of amides is 1. The van der Waals surface area contributed by atoms with Crippen molar-refractivity contribution >= 4 is 17.6 Å². The van der Waals surface area contributed by atoms with Crippen molar-refractivity contribution in [1.29, 1.82) is 0 Å². The van der Waals surface area contributed by atoms with E-state index in [0.717, 1.165) is 11.1 Å². The molecule has 1 aliphatic rings. The molecule has 0 fully saturated rings. The number of nitrogens with one attached hydrogen (secondary N) is 1. The summed E-state index contributed by atoms with van der Waals surface area (Å²) in [5, 5.41) is 2.89. The first-order valence-electron chi connectivity index (χ1n) is 8.32. The average molecular weight is 344 g/mol. The fraction of sp³-hybridized carbons (Fsp3) is 0.0952. The minimum absolute atomic E-state index is 0.0614. The van der Waals surface area contributed by atoms with Gasteiger partial charge in [0, 0.05) is 17.3 Å². The van der Waals surface area contributed by atoms with Crippen molar-refractivity contribution in [1.82, 2.24) is 4.98 Å². The molecule has 1 amide bonds. The van der Waals surface area contributed by atoms with E-state index in [1.54, 1.807) is 24.4 Å². The van der Waals surface area contributed by atoms with Crippen LogP contribution in [0.5, 0.6) is 0 Å². The molecule has 26 heavy (non-hydrogen) atoms. The zero-order valence-corrected chi connectivity index (χ0v) is 13.9. The summed E-state index contributed by atoms with van der Waals surface area (Å²) < 4.78 is 5.34. The van der Waals surface area contributed by atoms with Gasteiger partial charge in [-0.15, -0.1) is 0 Å². The van der Waals surface area contributed by atoms with Gasteiger partial charge in [-0.05, 0) is 18.2 Å². The van der Waals surface area contributed by atoms with Crippen molar-refractivity contribution in [3.8, 4) is 11.3 Å². The summed E-state index contributed by atoms with van der Waals surface area (Å²) in [6, 6.07) is 20.4. The lowest BCUT2D eigenvalue weighted by Crippen LogP contribution is -2.16. The van der Waals surface area contributed by atoms with E-state index in [1.165, 1.54) is 0 Å². The maximum absolute atomic E-state index is 12.5. The van der Waals surface area contributed by atoms with Crippen LogP contribution in [0.3, 0.4) is 0 Å². The van der Waals surface area contributed by atoms with Gasteiger partial charge < -0.3 is 10.1 Å². The highest BCUT2D eigenvalue weighted by Gasteiger charge is 2.32. The zero-order chi connectivity index (χ0) is 17.9. The summed E-state index contributed by atoms with van der Waals surface area (Å²) in [7, 11) is 0. The molecular weight excluding hydrogens is 328 g/mol. The number of benzene rings is 2. The third-order valence-electron chi connectivity index (χ3n) is 4.28. The van der Waals surface area contributed by atoms with Crippen LogP contribution in [0, 0.1) is 0 Å². The molecule has 0 bridgehead atoms. The van der Waals surface area contributed by atoms with Crippen molar-refractivity contribution < 1.29 is 14.3 Å². The molecule has 3 aromatic rings. The lowest BCUT2D eigenvalue weighted by molar-refractivity contribution is -0.118. The SMILES string of the molecule is O=C(C[C@H]1OC(=O)c2ccccc21)Nc1cccnc1-c1ccccc1. The Labute approximate surface area is 150 Å². The van der Waals surface area contributed by atoms with Gasteiger partial charge in [-0.25, -0.2) is 4.79 Å². The Morgan fingerprint density at radius 2 is 1.77 bits per heavy atom. The van der Waals surface area contributed by atoms with E-state index >= 15 is 0 Å². The van der Waals surface area contributed by atoms with Crippen LogP contribution in [0.4, 0.5) is 5.69 Å². The molecular formula is C21H16N2O3. The zero-order valence-electron chi connectivity index (χ0n) is 13.9. The van der Waals surface area contributed by atoms with Gasteiger partial charge in [-0.2, -0.15) is 0 Å². The van der Waals surface area contributed by atoms with Crippen LogP contribution in [0.25, 0.3) is 11.3 Å². The number of anilines is 1. The van der Waals surface area contributed by atoms with Crippen molar-refractivity contribution in [3.63, 3.8) is 0 Å². The number of carbonyl (C=O) groups excluding carboxylic acids is 2. The van der Waals surface area contributed by atoms with Crippen molar-refractivity contribution in [2.24, 2.45) is 0 Å². The second kappa shape index (κ2) is 6.80. The molecule has 2 aromatic carbocycles. The van der Waals surface area contributed by atoms with Crippen LogP contribution in [-0.4, -0.2) is 16.9 Å². The average Bonchev–Trinajstić information content (AvgIpc) is 2.99. The van der Waals surface area contributed by atoms with E-state index in [2.05, 4.69) is 10.3 Å². The highest BCUT2D eigenvalue weighted by molar-refractivity contribution is 5.97. The molecule has 2 heterocycles. The van der Waals surface area contributed by atoms with Crippen LogP contribution in [0.1, 0.15) is 28.4 Å². The molecule has 0 saturated carbocycles. The van der Waals surface area contributed by atoms with Gasteiger partial charge in [-0.1, -0.05) is 48.5 Å². The topological polar surface area (TPSA) is 68.3 Å². The fourth-order valence-electron chi connectivity index (χ4n) is 3.07. The first-order valence-corrected chi connectivity index (χ1v) is 8.32. The first-order chi connectivity index (χ1) is 12.7. The number of esters is 1. The second-order valence-corrected chi connectivity index (χ2v) is 6.00. The molecule has 0 spiro atoms. The molecule has 1 aromatic heterocycles.